The highest BCUT2D eigenvalue weighted by molar-refractivity contribution is 4.74. The summed E-state index contributed by atoms with van der Waals surface area (Å²) in [6.07, 6.45) is 6.30. The molecule has 1 rings (SSSR count). The predicted molar refractivity (Wildman–Crippen MR) is 58.3 cm³/mol. The third-order valence-electron chi connectivity index (χ3n) is 3.40. The minimum Gasteiger partial charge on any atom is -0.391 e. The van der Waals surface area contributed by atoms with Crippen LogP contribution in [0, 0.1) is 5.92 Å². The van der Waals surface area contributed by atoms with Gasteiger partial charge in [0.1, 0.15) is 0 Å². The van der Waals surface area contributed by atoms with Crippen molar-refractivity contribution in [1.29, 1.82) is 0 Å². The van der Waals surface area contributed by atoms with Crippen molar-refractivity contribution in [2.75, 3.05) is 0 Å². The van der Waals surface area contributed by atoms with Gasteiger partial charge in [-0.3, -0.25) is 0 Å². The Labute approximate surface area is 87.7 Å². The summed E-state index contributed by atoms with van der Waals surface area (Å²) in [6.45, 7) is 6.01. The molecule has 0 spiro atoms. The van der Waals surface area contributed by atoms with Crippen LogP contribution >= 0.6 is 0 Å². The SMILES string of the molecule is CCC1CCCC(OC(C)[C@@H](C)O)C1. The molecule has 0 aliphatic heterocycles. The number of hydrogen-bond acceptors (Lipinski definition) is 2. The van der Waals surface area contributed by atoms with Gasteiger partial charge in [0.05, 0.1) is 18.3 Å². The summed E-state index contributed by atoms with van der Waals surface area (Å²) in [6, 6.07) is 0. The molecule has 1 saturated carbocycles. The van der Waals surface area contributed by atoms with E-state index in [1.165, 1.54) is 32.1 Å². The molecule has 2 heteroatoms. The summed E-state index contributed by atoms with van der Waals surface area (Å²) in [5.41, 5.74) is 0. The van der Waals surface area contributed by atoms with E-state index >= 15 is 0 Å². The maximum absolute atomic E-state index is 9.35. The first-order valence-electron chi connectivity index (χ1n) is 5.97. The van der Waals surface area contributed by atoms with Crippen LogP contribution in [0.15, 0.2) is 0 Å². The van der Waals surface area contributed by atoms with Crippen LogP contribution in [-0.4, -0.2) is 23.4 Å². The molecule has 0 aromatic heterocycles. The smallest absolute Gasteiger partial charge is 0.0806 e. The van der Waals surface area contributed by atoms with E-state index in [0.717, 1.165) is 5.92 Å². The van der Waals surface area contributed by atoms with Gasteiger partial charge in [-0.15, -0.1) is 0 Å². The molecule has 0 radical (unpaired) electrons. The fraction of sp³-hybridized carbons (Fsp3) is 1.00. The van der Waals surface area contributed by atoms with Gasteiger partial charge in [-0.2, -0.15) is 0 Å². The van der Waals surface area contributed by atoms with E-state index in [4.69, 9.17) is 4.74 Å². The Hall–Kier alpha value is -0.0800. The van der Waals surface area contributed by atoms with Crippen LogP contribution in [0.1, 0.15) is 52.9 Å². The van der Waals surface area contributed by atoms with Crippen molar-refractivity contribution < 1.29 is 9.84 Å². The summed E-state index contributed by atoms with van der Waals surface area (Å²) in [4.78, 5) is 0. The van der Waals surface area contributed by atoms with E-state index in [1.807, 2.05) is 6.92 Å². The van der Waals surface area contributed by atoms with Gasteiger partial charge in [0.15, 0.2) is 0 Å². The van der Waals surface area contributed by atoms with Crippen molar-refractivity contribution in [3.8, 4) is 0 Å². The largest absolute Gasteiger partial charge is 0.391 e. The zero-order valence-corrected chi connectivity index (χ0v) is 9.70. The van der Waals surface area contributed by atoms with Crippen molar-refractivity contribution >= 4 is 0 Å². The topological polar surface area (TPSA) is 29.5 Å². The summed E-state index contributed by atoms with van der Waals surface area (Å²) in [7, 11) is 0. The number of ether oxygens (including phenoxy) is 1. The van der Waals surface area contributed by atoms with Crippen LogP contribution in [0.5, 0.6) is 0 Å². The van der Waals surface area contributed by atoms with Crippen molar-refractivity contribution in [3.63, 3.8) is 0 Å². The lowest BCUT2D eigenvalue weighted by Crippen LogP contribution is -2.31. The van der Waals surface area contributed by atoms with Gasteiger partial charge in [-0.25, -0.2) is 0 Å². The lowest BCUT2D eigenvalue weighted by atomic mass is 9.85. The van der Waals surface area contributed by atoms with E-state index in [9.17, 15) is 5.11 Å². The molecule has 1 fully saturated rings. The van der Waals surface area contributed by atoms with Gasteiger partial charge in [0.25, 0.3) is 0 Å². The monoisotopic (exact) mass is 200 g/mol. The standard InChI is InChI=1S/C12H24O2/c1-4-11-6-5-7-12(8-11)14-10(3)9(2)13/h9-13H,4-8H2,1-3H3/t9-,10?,11?,12?/m1/s1. The Morgan fingerprint density at radius 3 is 2.64 bits per heavy atom. The average molecular weight is 200 g/mol. The highest BCUT2D eigenvalue weighted by atomic mass is 16.5. The van der Waals surface area contributed by atoms with Crippen LogP contribution in [0.2, 0.25) is 0 Å². The van der Waals surface area contributed by atoms with E-state index in [-0.39, 0.29) is 12.2 Å². The van der Waals surface area contributed by atoms with Crippen molar-refractivity contribution in [2.45, 2.75) is 71.2 Å². The molecule has 0 heterocycles. The van der Waals surface area contributed by atoms with Gasteiger partial charge in [-0.1, -0.05) is 26.2 Å². The second-order valence-corrected chi connectivity index (χ2v) is 4.64. The molecule has 1 aliphatic carbocycles. The molecule has 3 unspecified atom stereocenters. The van der Waals surface area contributed by atoms with Gasteiger partial charge in [0, 0.05) is 0 Å². The molecule has 0 aromatic carbocycles. The molecule has 14 heavy (non-hydrogen) atoms. The molecule has 0 amide bonds. The first-order chi connectivity index (χ1) is 6.63. The molecule has 4 atom stereocenters. The Morgan fingerprint density at radius 1 is 1.36 bits per heavy atom. The molecule has 0 bridgehead atoms. The number of aliphatic hydroxyl groups excluding tert-OH is 1. The van der Waals surface area contributed by atoms with Crippen molar-refractivity contribution in [2.24, 2.45) is 5.92 Å². The molecule has 0 aromatic rings. The van der Waals surface area contributed by atoms with E-state index in [0.29, 0.717) is 6.10 Å². The average Bonchev–Trinajstić information content (AvgIpc) is 2.18. The van der Waals surface area contributed by atoms with Gasteiger partial charge < -0.3 is 9.84 Å². The number of aliphatic hydroxyl groups is 1. The molecule has 0 saturated heterocycles. The van der Waals surface area contributed by atoms with Crippen LogP contribution in [0.3, 0.4) is 0 Å². The third-order valence-corrected chi connectivity index (χ3v) is 3.40. The molecular formula is C12H24O2. The second-order valence-electron chi connectivity index (χ2n) is 4.64. The molecule has 84 valence electrons. The van der Waals surface area contributed by atoms with E-state index in [2.05, 4.69) is 6.92 Å². The minimum absolute atomic E-state index is 0.0180. The van der Waals surface area contributed by atoms with Crippen LogP contribution in [0.4, 0.5) is 0 Å². The zero-order valence-electron chi connectivity index (χ0n) is 9.70. The third kappa shape index (κ3) is 3.58. The van der Waals surface area contributed by atoms with Crippen molar-refractivity contribution in [1.82, 2.24) is 0 Å². The molecule has 1 N–H and O–H groups in total. The Morgan fingerprint density at radius 2 is 2.07 bits per heavy atom. The maximum atomic E-state index is 9.35. The highest BCUT2D eigenvalue weighted by Crippen LogP contribution is 2.29. The van der Waals surface area contributed by atoms with Crippen molar-refractivity contribution in [3.05, 3.63) is 0 Å². The van der Waals surface area contributed by atoms with Gasteiger partial charge in [-0.05, 0) is 32.6 Å². The minimum atomic E-state index is -0.350. The zero-order chi connectivity index (χ0) is 10.6. The van der Waals surface area contributed by atoms with E-state index in [1.54, 1.807) is 6.92 Å². The summed E-state index contributed by atoms with van der Waals surface area (Å²) >= 11 is 0. The number of rotatable bonds is 4. The first-order valence-corrected chi connectivity index (χ1v) is 5.97. The fourth-order valence-electron chi connectivity index (χ4n) is 2.15. The van der Waals surface area contributed by atoms with Crippen LogP contribution in [0.25, 0.3) is 0 Å². The van der Waals surface area contributed by atoms with Crippen LogP contribution < -0.4 is 0 Å². The lowest BCUT2D eigenvalue weighted by molar-refractivity contribution is -0.0793. The maximum Gasteiger partial charge on any atom is 0.0806 e. The van der Waals surface area contributed by atoms with E-state index < -0.39 is 0 Å². The quantitative estimate of drug-likeness (QED) is 0.756. The second kappa shape index (κ2) is 5.72. The summed E-state index contributed by atoms with van der Waals surface area (Å²) in [5, 5.41) is 9.35. The first kappa shape index (κ1) is 12.0. The highest BCUT2D eigenvalue weighted by Gasteiger charge is 2.23. The Bertz CT molecular complexity index is 156. The summed E-state index contributed by atoms with van der Waals surface area (Å²) < 4.78 is 5.83. The molecule has 1 aliphatic rings. The summed E-state index contributed by atoms with van der Waals surface area (Å²) in [5.74, 6) is 0.843. The van der Waals surface area contributed by atoms with Gasteiger partial charge in [0.2, 0.25) is 0 Å². The number of hydrogen-bond donors (Lipinski definition) is 1. The van der Waals surface area contributed by atoms with Crippen LogP contribution in [-0.2, 0) is 4.74 Å². The fourth-order valence-corrected chi connectivity index (χ4v) is 2.15. The lowest BCUT2D eigenvalue weighted by Gasteiger charge is -2.31. The Balaban J connectivity index is 2.30. The molecular weight excluding hydrogens is 176 g/mol. The predicted octanol–water partition coefficient (Wildman–Crippen LogP) is 2.74. The Kier molecular flexibility index (Phi) is 4.90. The normalized spacial score (nSPS) is 32.6. The van der Waals surface area contributed by atoms with Gasteiger partial charge >= 0.3 is 0 Å². The molecule has 2 nitrogen and oxygen atoms in total.